The third-order valence-electron chi connectivity index (χ3n) is 3.78. The maximum Gasteiger partial charge on any atom is 0.325 e. The zero-order chi connectivity index (χ0) is 18.2. The molecule has 0 aliphatic carbocycles. The van der Waals surface area contributed by atoms with E-state index in [1.54, 1.807) is 0 Å². The van der Waals surface area contributed by atoms with Gasteiger partial charge in [0.15, 0.2) is 6.61 Å². The molecule has 0 heterocycles. The zero-order valence-electron chi connectivity index (χ0n) is 14.2. The number of hydrogen-bond acceptors (Lipinski definition) is 4. The molecule has 3 rings (SSSR count). The lowest BCUT2D eigenvalue weighted by Gasteiger charge is -2.10. The Morgan fingerprint density at radius 3 is 2.42 bits per heavy atom. The number of amides is 1. The van der Waals surface area contributed by atoms with Gasteiger partial charge in [-0.3, -0.25) is 9.59 Å². The molecule has 0 unspecified atom stereocenters. The quantitative estimate of drug-likeness (QED) is 0.666. The summed E-state index contributed by atoms with van der Waals surface area (Å²) in [6, 6.07) is 22.8. The summed E-state index contributed by atoms with van der Waals surface area (Å²) in [5, 5.41) is 4.47. The summed E-state index contributed by atoms with van der Waals surface area (Å²) in [4.78, 5) is 23.6. The number of fused-ring (bicyclic) bond motifs is 1. The molecule has 0 fully saturated rings. The van der Waals surface area contributed by atoms with Crippen LogP contribution in [0.1, 0.15) is 5.56 Å². The minimum atomic E-state index is -0.493. The van der Waals surface area contributed by atoms with Crippen LogP contribution < -0.4 is 10.1 Å². The van der Waals surface area contributed by atoms with Crippen LogP contribution in [0.5, 0.6) is 5.75 Å². The molecular formula is C21H19NO4. The van der Waals surface area contributed by atoms with Gasteiger partial charge in [0.25, 0.3) is 5.91 Å². The average Bonchev–Trinajstić information content (AvgIpc) is 2.70. The summed E-state index contributed by atoms with van der Waals surface area (Å²) in [5.41, 5.74) is 0.895. The molecule has 0 radical (unpaired) electrons. The summed E-state index contributed by atoms with van der Waals surface area (Å²) < 4.78 is 10.7. The molecule has 3 aromatic carbocycles. The van der Waals surface area contributed by atoms with Crippen molar-refractivity contribution in [3.8, 4) is 5.75 Å². The van der Waals surface area contributed by atoms with Crippen molar-refractivity contribution in [3.05, 3.63) is 78.4 Å². The zero-order valence-corrected chi connectivity index (χ0v) is 14.2. The number of nitrogens with one attached hydrogen (secondary N) is 1. The number of carbonyl (C=O) groups excluding carboxylic acids is 2. The van der Waals surface area contributed by atoms with E-state index in [1.807, 2.05) is 72.8 Å². The molecule has 1 N–H and O–H groups in total. The van der Waals surface area contributed by atoms with E-state index in [9.17, 15) is 9.59 Å². The molecule has 3 aromatic rings. The number of rotatable bonds is 7. The van der Waals surface area contributed by atoms with Crippen LogP contribution in [-0.4, -0.2) is 25.0 Å². The molecular weight excluding hydrogens is 330 g/mol. The van der Waals surface area contributed by atoms with Gasteiger partial charge in [-0.1, -0.05) is 66.7 Å². The van der Waals surface area contributed by atoms with Crippen molar-refractivity contribution in [2.75, 3.05) is 13.2 Å². The number of carbonyl (C=O) groups is 2. The van der Waals surface area contributed by atoms with Gasteiger partial charge in [0.1, 0.15) is 18.9 Å². The number of benzene rings is 3. The Balaban J connectivity index is 1.43. The van der Waals surface area contributed by atoms with E-state index in [0.717, 1.165) is 16.3 Å². The lowest BCUT2D eigenvalue weighted by atomic mass is 10.1. The Hall–Kier alpha value is -3.34. The highest BCUT2D eigenvalue weighted by Gasteiger charge is 2.09. The summed E-state index contributed by atoms with van der Waals surface area (Å²) in [7, 11) is 0. The molecule has 5 nitrogen and oxygen atoms in total. The van der Waals surface area contributed by atoms with E-state index < -0.39 is 5.97 Å². The molecule has 0 aliphatic rings. The summed E-state index contributed by atoms with van der Waals surface area (Å²) in [5.74, 6) is -0.244. The number of ether oxygens (including phenoxy) is 2. The van der Waals surface area contributed by atoms with Crippen LogP contribution >= 0.6 is 0 Å². The maximum atomic E-state index is 11.9. The Morgan fingerprint density at radius 1 is 0.846 bits per heavy atom. The first kappa shape index (κ1) is 17.5. The summed E-state index contributed by atoms with van der Waals surface area (Å²) in [6.45, 7) is -0.174. The standard InChI is InChI=1S/C21H19NO4/c23-20(22-13-21(24)26-14-16-7-2-1-3-8-16)15-25-19-12-6-10-17-9-4-5-11-18(17)19/h1-12H,13-15H2,(H,22,23). The second-order valence-electron chi connectivity index (χ2n) is 5.69. The molecule has 0 aromatic heterocycles. The third kappa shape index (κ3) is 4.83. The monoisotopic (exact) mass is 349 g/mol. The smallest absolute Gasteiger partial charge is 0.325 e. The van der Waals surface area contributed by atoms with Crippen LogP contribution in [0, 0.1) is 0 Å². The largest absolute Gasteiger partial charge is 0.483 e. The molecule has 0 saturated heterocycles. The molecule has 0 spiro atoms. The van der Waals surface area contributed by atoms with Crippen molar-refractivity contribution in [3.63, 3.8) is 0 Å². The van der Waals surface area contributed by atoms with Crippen LogP contribution in [0.3, 0.4) is 0 Å². The van der Waals surface area contributed by atoms with Gasteiger partial charge in [-0.25, -0.2) is 0 Å². The Morgan fingerprint density at radius 2 is 1.58 bits per heavy atom. The second-order valence-corrected chi connectivity index (χ2v) is 5.69. The van der Waals surface area contributed by atoms with Crippen molar-refractivity contribution in [2.45, 2.75) is 6.61 Å². The van der Waals surface area contributed by atoms with Crippen molar-refractivity contribution in [1.29, 1.82) is 0 Å². The van der Waals surface area contributed by atoms with E-state index in [4.69, 9.17) is 9.47 Å². The van der Waals surface area contributed by atoms with Crippen LogP contribution in [0.4, 0.5) is 0 Å². The van der Waals surface area contributed by atoms with Crippen LogP contribution in [0.2, 0.25) is 0 Å². The fourth-order valence-corrected chi connectivity index (χ4v) is 2.48. The molecule has 5 heteroatoms. The molecule has 132 valence electrons. The minimum absolute atomic E-state index is 0.167. The maximum absolute atomic E-state index is 11.9. The minimum Gasteiger partial charge on any atom is -0.483 e. The summed E-state index contributed by atoms with van der Waals surface area (Å²) >= 11 is 0. The van der Waals surface area contributed by atoms with Gasteiger partial charge in [-0.2, -0.15) is 0 Å². The van der Waals surface area contributed by atoms with Crippen molar-refractivity contribution in [1.82, 2.24) is 5.32 Å². The van der Waals surface area contributed by atoms with Crippen molar-refractivity contribution in [2.24, 2.45) is 0 Å². The third-order valence-corrected chi connectivity index (χ3v) is 3.78. The van der Waals surface area contributed by atoms with E-state index >= 15 is 0 Å². The van der Waals surface area contributed by atoms with E-state index in [2.05, 4.69) is 5.32 Å². The van der Waals surface area contributed by atoms with Crippen molar-refractivity contribution >= 4 is 22.6 Å². The Labute approximate surface area is 151 Å². The fraction of sp³-hybridized carbons (Fsp3) is 0.143. The molecule has 1 amide bonds. The van der Waals surface area contributed by atoms with Crippen LogP contribution in [-0.2, 0) is 20.9 Å². The first-order chi connectivity index (χ1) is 12.7. The number of hydrogen-bond donors (Lipinski definition) is 1. The van der Waals surface area contributed by atoms with Crippen LogP contribution in [0.25, 0.3) is 10.8 Å². The topological polar surface area (TPSA) is 64.6 Å². The predicted octanol–water partition coefficient (Wildman–Crippen LogP) is 3.08. The molecule has 0 aliphatic heterocycles. The van der Waals surface area contributed by atoms with Gasteiger partial charge < -0.3 is 14.8 Å². The van der Waals surface area contributed by atoms with Gasteiger partial charge in [-0.05, 0) is 17.0 Å². The second kappa shape index (κ2) is 8.67. The lowest BCUT2D eigenvalue weighted by molar-refractivity contribution is -0.145. The first-order valence-electron chi connectivity index (χ1n) is 8.29. The fourth-order valence-electron chi connectivity index (χ4n) is 2.48. The van der Waals surface area contributed by atoms with Gasteiger partial charge in [0, 0.05) is 5.39 Å². The average molecular weight is 349 g/mol. The van der Waals surface area contributed by atoms with E-state index in [0.29, 0.717) is 5.75 Å². The van der Waals surface area contributed by atoms with Crippen LogP contribution in [0.15, 0.2) is 72.8 Å². The highest BCUT2D eigenvalue weighted by atomic mass is 16.5. The molecule has 26 heavy (non-hydrogen) atoms. The number of esters is 1. The Kier molecular flexibility index (Phi) is 5.83. The molecule has 0 bridgehead atoms. The highest BCUT2D eigenvalue weighted by molar-refractivity contribution is 5.89. The molecule has 0 saturated carbocycles. The van der Waals surface area contributed by atoms with E-state index in [-0.39, 0.29) is 25.7 Å². The normalized spacial score (nSPS) is 10.3. The molecule has 0 atom stereocenters. The van der Waals surface area contributed by atoms with E-state index in [1.165, 1.54) is 0 Å². The SMILES string of the molecule is O=C(COc1cccc2ccccc12)NCC(=O)OCc1ccccc1. The summed E-state index contributed by atoms with van der Waals surface area (Å²) in [6.07, 6.45) is 0. The van der Waals surface area contributed by atoms with Gasteiger partial charge >= 0.3 is 5.97 Å². The predicted molar refractivity (Wildman–Crippen MR) is 98.7 cm³/mol. The van der Waals surface area contributed by atoms with Crippen molar-refractivity contribution < 1.29 is 19.1 Å². The van der Waals surface area contributed by atoms with Gasteiger partial charge in [0.05, 0.1) is 0 Å². The Bertz CT molecular complexity index is 887. The first-order valence-corrected chi connectivity index (χ1v) is 8.29. The van der Waals surface area contributed by atoms with Gasteiger partial charge in [-0.15, -0.1) is 0 Å². The van der Waals surface area contributed by atoms with Gasteiger partial charge in [0.2, 0.25) is 0 Å². The lowest BCUT2D eigenvalue weighted by Crippen LogP contribution is -2.34. The highest BCUT2D eigenvalue weighted by Crippen LogP contribution is 2.24.